The Morgan fingerprint density at radius 1 is 1.23 bits per heavy atom. The first-order valence-corrected chi connectivity index (χ1v) is 13.2. The number of guanidine groups is 1. The van der Waals surface area contributed by atoms with Crippen LogP contribution in [0.4, 0.5) is 10.5 Å². The van der Waals surface area contributed by atoms with Crippen molar-refractivity contribution in [2.45, 2.75) is 26.7 Å². The number of hydrogen-bond donors (Lipinski definition) is 2. The number of nitrogens with zero attached hydrogens (tertiary/aromatic N) is 5. The van der Waals surface area contributed by atoms with Crippen molar-refractivity contribution in [2.24, 2.45) is 23.9 Å². The van der Waals surface area contributed by atoms with Gasteiger partial charge in [0.15, 0.2) is 0 Å². The van der Waals surface area contributed by atoms with Crippen LogP contribution in [-0.2, 0) is 37.3 Å². The van der Waals surface area contributed by atoms with Gasteiger partial charge >= 0.3 is 18.0 Å². The molecule has 0 radical (unpaired) electrons. The normalized spacial score (nSPS) is 14.6. The number of benzene rings is 1. The minimum atomic E-state index is -0.706. The molecule has 39 heavy (non-hydrogen) atoms. The highest BCUT2D eigenvalue weighted by Gasteiger charge is 2.31. The van der Waals surface area contributed by atoms with Crippen LogP contribution in [0.25, 0.3) is 11.0 Å². The molecule has 3 heterocycles. The number of nitrogens with one attached hydrogen (secondary N) is 2. The lowest BCUT2D eigenvalue weighted by Crippen LogP contribution is -2.39. The zero-order chi connectivity index (χ0) is 27.9. The van der Waals surface area contributed by atoms with E-state index in [0.29, 0.717) is 37.6 Å². The third kappa shape index (κ3) is 6.74. The SMILES string of the molecule is CC[C@H](C(=O)OCOC(=O)N1CCN=C1Nc1ccc2[nH]cnc2c1Br)[C@H](COC(C)=O)Cc1cncn1C. The van der Waals surface area contributed by atoms with Crippen molar-refractivity contribution >= 4 is 56.6 Å². The van der Waals surface area contributed by atoms with Crippen molar-refractivity contribution < 1.29 is 28.6 Å². The zero-order valence-corrected chi connectivity index (χ0v) is 23.4. The van der Waals surface area contributed by atoms with E-state index in [9.17, 15) is 14.4 Å². The smallest absolute Gasteiger partial charge is 0.419 e. The molecule has 3 aromatic rings. The van der Waals surface area contributed by atoms with E-state index < -0.39 is 30.7 Å². The van der Waals surface area contributed by atoms with Gasteiger partial charge in [0.1, 0.15) is 5.52 Å². The number of rotatable bonds is 10. The molecule has 0 saturated heterocycles. The van der Waals surface area contributed by atoms with Gasteiger partial charge in [0.2, 0.25) is 12.8 Å². The van der Waals surface area contributed by atoms with E-state index in [2.05, 4.69) is 41.2 Å². The lowest BCUT2D eigenvalue weighted by molar-refractivity contribution is -0.162. The molecule has 0 spiro atoms. The Labute approximate surface area is 233 Å². The van der Waals surface area contributed by atoms with Crippen LogP contribution in [-0.4, -0.2) is 74.9 Å². The molecule has 208 valence electrons. The van der Waals surface area contributed by atoms with Crippen LogP contribution in [0.2, 0.25) is 0 Å². The number of H-pyrrole nitrogens is 1. The number of aromatic nitrogens is 4. The van der Waals surface area contributed by atoms with Crippen molar-refractivity contribution in [3.8, 4) is 0 Å². The highest BCUT2D eigenvalue weighted by molar-refractivity contribution is 9.10. The summed E-state index contributed by atoms with van der Waals surface area (Å²) >= 11 is 3.53. The molecule has 4 rings (SSSR count). The fourth-order valence-electron chi connectivity index (χ4n) is 4.33. The monoisotopic (exact) mass is 603 g/mol. The van der Waals surface area contributed by atoms with Gasteiger partial charge in [-0.1, -0.05) is 6.92 Å². The molecule has 0 aliphatic carbocycles. The molecule has 1 aliphatic rings. The predicted molar refractivity (Wildman–Crippen MR) is 145 cm³/mol. The minimum absolute atomic E-state index is 0.0484. The average Bonchev–Trinajstić information content (AvgIpc) is 3.66. The van der Waals surface area contributed by atoms with Crippen LogP contribution in [0.3, 0.4) is 0 Å². The number of halogens is 1. The minimum Gasteiger partial charge on any atom is -0.466 e. The molecule has 1 aliphatic heterocycles. The quantitative estimate of drug-likeness (QED) is 0.262. The number of aromatic amines is 1. The number of ether oxygens (including phenoxy) is 3. The van der Waals surface area contributed by atoms with Crippen LogP contribution in [0.5, 0.6) is 0 Å². The molecule has 0 unspecified atom stereocenters. The number of fused-ring (bicyclic) bond motifs is 1. The van der Waals surface area contributed by atoms with Gasteiger partial charge in [-0.05, 0) is 40.9 Å². The highest BCUT2D eigenvalue weighted by Crippen LogP contribution is 2.30. The molecule has 1 amide bonds. The van der Waals surface area contributed by atoms with Crippen LogP contribution in [0.1, 0.15) is 26.0 Å². The van der Waals surface area contributed by atoms with Crippen molar-refractivity contribution in [1.29, 1.82) is 0 Å². The summed E-state index contributed by atoms with van der Waals surface area (Å²) in [5, 5.41) is 3.13. The van der Waals surface area contributed by atoms with Gasteiger partial charge in [0, 0.05) is 31.8 Å². The summed E-state index contributed by atoms with van der Waals surface area (Å²) in [6.45, 7) is 3.35. The Kier molecular flexibility index (Phi) is 9.17. The second-order valence-electron chi connectivity index (χ2n) is 8.98. The number of amides is 1. The van der Waals surface area contributed by atoms with Gasteiger partial charge < -0.3 is 29.1 Å². The molecule has 0 bridgehead atoms. The maximum absolute atomic E-state index is 13.0. The van der Waals surface area contributed by atoms with E-state index in [-0.39, 0.29) is 12.5 Å². The number of aliphatic imine (C=N–C) groups is 1. The third-order valence-electron chi connectivity index (χ3n) is 6.42. The first kappa shape index (κ1) is 28.1. The molecular weight excluding hydrogens is 574 g/mol. The highest BCUT2D eigenvalue weighted by atomic mass is 79.9. The predicted octanol–water partition coefficient (Wildman–Crippen LogP) is 3.23. The molecule has 2 aromatic heterocycles. The fraction of sp³-hybridized carbons (Fsp3) is 0.440. The zero-order valence-electron chi connectivity index (χ0n) is 21.8. The maximum atomic E-state index is 13.0. The number of esters is 2. The molecule has 1 aromatic carbocycles. The second kappa shape index (κ2) is 12.7. The number of aryl methyl sites for hydroxylation is 1. The largest absolute Gasteiger partial charge is 0.466 e. The Morgan fingerprint density at radius 2 is 2.05 bits per heavy atom. The molecule has 2 atom stereocenters. The molecule has 14 heteroatoms. The van der Waals surface area contributed by atoms with Crippen molar-refractivity contribution in [3.63, 3.8) is 0 Å². The van der Waals surface area contributed by atoms with Crippen LogP contribution < -0.4 is 5.32 Å². The summed E-state index contributed by atoms with van der Waals surface area (Å²) < 4.78 is 18.4. The fourth-order valence-corrected chi connectivity index (χ4v) is 4.88. The van der Waals surface area contributed by atoms with E-state index in [1.807, 2.05) is 30.7 Å². The Hall–Kier alpha value is -3.94. The van der Waals surface area contributed by atoms with Gasteiger partial charge in [0.25, 0.3) is 0 Å². The third-order valence-corrected chi connectivity index (χ3v) is 7.22. The first-order chi connectivity index (χ1) is 18.8. The number of carbonyl (C=O) groups excluding carboxylic acids is 3. The van der Waals surface area contributed by atoms with Crippen molar-refractivity contribution in [3.05, 3.63) is 41.2 Å². The van der Waals surface area contributed by atoms with Crippen LogP contribution in [0.15, 0.2) is 40.4 Å². The van der Waals surface area contributed by atoms with Crippen LogP contribution >= 0.6 is 15.9 Å². The number of hydrogen-bond acceptors (Lipinski definition) is 10. The topological polar surface area (TPSA) is 153 Å². The lowest BCUT2D eigenvalue weighted by Gasteiger charge is -2.25. The van der Waals surface area contributed by atoms with Gasteiger partial charge in [-0.15, -0.1) is 0 Å². The summed E-state index contributed by atoms with van der Waals surface area (Å²) in [5.41, 5.74) is 3.16. The molecule has 13 nitrogen and oxygen atoms in total. The van der Waals surface area contributed by atoms with E-state index in [1.165, 1.54) is 11.8 Å². The van der Waals surface area contributed by atoms with E-state index >= 15 is 0 Å². The maximum Gasteiger partial charge on any atom is 0.419 e. The molecule has 2 N–H and O–H groups in total. The number of imidazole rings is 2. The number of carbonyl (C=O) groups is 3. The summed E-state index contributed by atoms with van der Waals surface area (Å²) in [4.78, 5) is 54.3. The van der Waals surface area contributed by atoms with Gasteiger partial charge in [0.05, 0.1) is 53.9 Å². The number of anilines is 1. The summed E-state index contributed by atoms with van der Waals surface area (Å²) in [6, 6.07) is 3.69. The second-order valence-corrected chi connectivity index (χ2v) is 9.77. The summed E-state index contributed by atoms with van der Waals surface area (Å²) in [7, 11) is 1.85. The Balaban J connectivity index is 1.33. The van der Waals surface area contributed by atoms with E-state index in [0.717, 1.165) is 21.2 Å². The first-order valence-electron chi connectivity index (χ1n) is 12.4. The van der Waals surface area contributed by atoms with Crippen molar-refractivity contribution in [1.82, 2.24) is 24.4 Å². The van der Waals surface area contributed by atoms with E-state index in [1.54, 1.807) is 18.9 Å². The van der Waals surface area contributed by atoms with E-state index in [4.69, 9.17) is 14.2 Å². The molecule has 0 saturated carbocycles. The van der Waals surface area contributed by atoms with Gasteiger partial charge in [-0.2, -0.15) is 0 Å². The Bertz CT molecular complexity index is 1370. The van der Waals surface area contributed by atoms with Crippen molar-refractivity contribution in [2.75, 3.05) is 31.8 Å². The van der Waals surface area contributed by atoms with Crippen LogP contribution in [0, 0.1) is 11.8 Å². The van der Waals surface area contributed by atoms with Gasteiger partial charge in [-0.3, -0.25) is 14.6 Å². The summed E-state index contributed by atoms with van der Waals surface area (Å²) in [5.74, 6) is -1.60. The van der Waals surface area contributed by atoms with Gasteiger partial charge in [-0.25, -0.2) is 19.7 Å². The lowest BCUT2D eigenvalue weighted by atomic mass is 9.87. The molecule has 0 fully saturated rings. The average molecular weight is 604 g/mol. The summed E-state index contributed by atoms with van der Waals surface area (Å²) in [6.07, 6.45) is 5.15. The standard InChI is InChI=1S/C25H30BrN7O6/c1-4-18(16(11-37-15(2)34)9-17-10-27-13-32(17)3)23(35)38-14-39-25(36)33-8-7-28-24(33)31-19-5-6-20-22(21(19)26)30-12-29-20/h5-6,10,12-13,16,18H,4,7-9,11,14H2,1-3H3,(H,28,31)(H,29,30)/t16-,18-/m0/s1. The Morgan fingerprint density at radius 3 is 2.77 bits per heavy atom. The molecular formula is C25H30BrN7O6.